The van der Waals surface area contributed by atoms with E-state index < -0.39 is 0 Å². The van der Waals surface area contributed by atoms with Gasteiger partial charge in [-0.05, 0) is 81.3 Å². The van der Waals surface area contributed by atoms with E-state index in [-0.39, 0.29) is 12.1 Å². The van der Waals surface area contributed by atoms with Crippen molar-refractivity contribution in [3.63, 3.8) is 0 Å². The summed E-state index contributed by atoms with van der Waals surface area (Å²) >= 11 is 1.91. The third-order valence-electron chi connectivity index (χ3n) is 6.89. The molecule has 1 N–H and O–H groups in total. The molecule has 2 aromatic heterocycles. The second-order valence-electron chi connectivity index (χ2n) is 9.11. The summed E-state index contributed by atoms with van der Waals surface area (Å²) in [5.41, 5.74) is 5.00. The number of thiophene rings is 1. The van der Waals surface area contributed by atoms with Gasteiger partial charge in [0.15, 0.2) is 0 Å². The summed E-state index contributed by atoms with van der Waals surface area (Å²) in [5, 5.41) is 4.45. The Morgan fingerprint density at radius 2 is 1.91 bits per heavy atom. The molecular formula is C28H35N3O3S. The monoisotopic (exact) mass is 493 g/mol. The molecule has 0 fully saturated rings. The van der Waals surface area contributed by atoms with Crippen molar-refractivity contribution < 1.29 is 14.3 Å². The lowest BCUT2D eigenvalue weighted by Crippen LogP contribution is -2.42. The number of benzene rings is 1. The molecule has 1 atom stereocenters. The van der Waals surface area contributed by atoms with Crippen LogP contribution >= 0.6 is 11.3 Å². The number of carbonyl (C=O) groups excluding carboxylic acids is 1. The summed E-state index contributed by atoms with van der Waals surface area (Å²) in [6.07, 6.45) is 7.69. The first-order chi connectivity index (χ1) is 17.2. The van der Waals surface area contributed by atoms with Gasteiger partial charge in [-0.25, -0.2) is 4.79 Å². The molecule has 0 saturated heterocycles. The van der Waals surface area contributed by atoms with Gasteiger partial charge in [0.25, 0.3) is 0 Å². The highest BCUT2D eigenvalue weighted by molar-refractivity contribution is 7.15. The zero-order valence-electron chi connectivity index (χ0n) is 20.7. The number of carbonyl (C=O) groups is 1. The van der Waals surface area contributed by atoms with Crippen LogP contribution in [0.2, 0.25) is 0 Å². The van der Waals surface area contributed by atoms with Gasteiger partial charge in [0.2, 0.25) is 0 Å². The molecule has 5 rings (SSSR count). The number of aromatic nitrogens is 1. The van der Waals surface area contributed by atoms with Crippen LogP contribution in [-0.4, -0.2) is 41.9 Å². The highest BCUT2D eigenvalue weighted by Crippen LogP contribution is 2.44. The van der Waals surface area contributed by atoms with E-state index in [9.17, 15) is 4.79 Å². The number of hydrogen-bond acceptors (Lipinski definition) is 4. The number of nitrogens with zero attached hydrogens (tertiary/aromatic N) is 2. The fourth-order valence-electron chi connectivity index (χ4n) is 5.27. The van der Waals surface area contributed by atoms with Crippen molar-refractivity contribution in [1.29, 1.82) is 0 Å². The van der Waals surface area contributed by atoms with Crippen molar-refractivity contribution >= 4 is 17.4 Å². The Morgan fingerprint density at radius 3 is 2.71 bits per heavy atom. The predicted octanol–water partition coefficient (Wildman–Crippen LogP) is 5.86. The molecule has 3 heterocycles. The summed E-state index contributed by atoms with van der Waals surface area (Å²) in [6, 6.07) is 12.2. The van der Waals surface area contributed by atoms with Gasteiger partial charge in [-0.3, -0.25) is 0 Å². The molecule has 0 spiro atoms. The van der Waals surface area contributed by atoms with Crippen molar-refractivity contribution in [3.8, 4) is 10.8 Å². The number of nitrogens with one attached hydrogen (secondary N) is 1. The van der Waals surface area contributed by atoms with Gasteiger partial charge in [-0.1, -0.05) is 12.1 Å². The normalized spacial score (nSPS) is 16.7. The predicted molar refractivity (Wildman–Crippen MR) is 140 cm³/mol. The van der Waals surface area contributed by atoms with Crippen molar-refractivity contribution in [2.24, 2.45) is 0 Å². The first kappa shape index (κ1) is 23.9. The average Bonchev–Trinajstić information content (AvgIpc) is 3.46. The van der Waals surface area contributed by atoms with E-state index in [1.54, 1.807) is 0 Å². The van der Waals surface area contributed by atoms with E-state index in [0.29, 0.717) is 32.9 Å². The molecule has 0 bridgehead atoms. The van der Waals surface area contributed by atoms with Crippen LogP contribution in [0.3, 0.4) is 0 Å². The Bertz CT molecular complexity index is 1150. The first-order valence-corrected chi connectivity index (χ1v) is 13.7. The minimum Gasteiger partial charge on any atom is -0.494 e. The Morgan fingerprint density at radius 1 is 1.09 bits per heavy atom. The maximum Gasteiger partial charge on any atom is 0.318 e. The summed E-state index contributed by atoms with van der Waals surface area (Å²) in [7, 11) is 0. The molecule has 2 amide bonds. The number of amides is 2. The molecule has 1 unspecified atom stereocenters. The maximum absolute atomic E-state index is 13.7. The van der Waals surface area contributed by atoms with Crippen LogP contribution < -0.4 is 10.1 Å². The standard InChI is InChI=1S/C28H35N3O3S/c1-3-33-18-8-16-29-28(32)31-19-23-22-9-5-6-11-25(22)35-27(23)30-17-7-10-24(30)26(31)20-12-14-21(15-13-20)34-4-2/h7,10,12-15,17,26H,3-6,8-9,11,16,18-19H2,1-2H3,(H,29,32). The minimum absolute atomic E-state index is 0.0308. The number of hydrogen-bond donors (Lipinski definition) is 1. The SMILES string of the molecule is CCOCCCNC(=O)N1Cc2c(sc3c2CCCC3)-n2cccc2C1c1ccc(OCC)cc1. The van der Waals surface area contributed by atoms with Crippen LogP contribution in [0.15, 0.2) is 42.6 Å². The highest BCUT2D eigenvalue weighted by Gasteiger charge is 2.35. The van der Waals surface area contributed by atoms with E-state index in [1.807, 2.05) is 42.2 Å². The third kappa shape index (κ3) is 4.84. The molecule has 35 heavy (non-hydrogen) atoms. The fraction of sp³-hybridized carbons (Fsp3) is 0.464. The van der Waals surface area contributed by atoms with Crippen LogP contribution in [0.5, 0.6) is 5.75 Å². The Labute approximate surface area is 211 Å². The van der Waals surface area contributed by atoms with Gasteiger partial charge >= 0.3 is 6.03 Å². The van der Waals surface area contributed by atoms with Gasteiger partial charge in [-0.15, -0.1) is 11.3 Å². The van der Waals surface area contributed by atoms with Crippen LogP contribution in [-0.2, 0) is 24.1 Å². The quantitative estimate of drug-likeness (QED) is 0.400. The van der Waals surface area contributed by atoms with E-state index in [1.165, 1.54) is 33.8 Å². The van der Waals surface area contributed by atoms with Crippen molar-refractivity contribution in [1.82, 2.24) is 14.8 Å². The van der Waals surface area contributed by atoms with Gasteiger partial charge in [-0.2, -0.15) is 0 Å². The lowest BCUT2D eigenvalue weighted by atomic mass is 9.95. The number of urea groups is 1. The van der Waals surface area contributed by atoms with E-state index in [0.717, 1.165) is 36.3 Å². The Kier molecular flexibility index (Phi) is 7.44. The number of fused-ring (bicyclic) bond motifs is 5. The number of ether oxygens (including phenoxy) is 2. The minimum atomic E-state index is -0.189. The topological polar surface area (TPSA) is 55.7 Å². The molecule has 7 heteroatoms. The van der Waals surface area contributed by atoms with E-state index in [4.69, 9.17) is 9.47 Å². The largest absolute Gasteiger partial charge is 0.494 e. The van der Waals surface area contributed by atoms with Crippen LogP contribution in [0, 0.1) is 0 Å². The second-order valence-corrected chi connectivity index (χ2v) is 10.2. The zero-order valence-corrected chi connectivity index (χ0v) is 21.5. The molecule has 186 valence electrons. The lowest BCUT2D eigenvalue weighted by Gasteiger charge is -2.31. The molecule has 0 radical (unpaired) electrons. The van der Waals surface area contributed by atoms with Crippen molar-refractivity contribution in [2.75, 3.05) is 26.4 Å². The van der Waals surface area contributed by atoms with Crippen LogP contribution in [0.4, 0.5) is 4.79 Å². The Hall–Kier alpha value is -2.77. The van der Waals surface area contributed by atoms with Crippen molar-refractivity contribution in [2.45, 2.75) is 58.5 Å². The molecule has 1 aliphatic heterocycles. The third-order valence-corrected chi connectivity index (χ3v) is 8.23. The van der Waals surface area contributed by atoms with Gasteiger partial charge in [0, 0.05) is 36.4 Å². The zero-order chi connectivity index (χ0) is 24.2. The molecule has 1 aliphatic carbocycles. The van der Waals surface area contributed by atoms with Gasteiger partial charge < -0.3 is 24.3 Å². The molecule has 0 saturated carbocycles. The number of aryl methyl sites for hydroxylation is 1. The maximum atomic E-state index is 13.7. The molecule has 6 nitrogen and oxygen atoms in total. The molecule has 2 aliphatic rings. The molecule has 3 aromatic rings. The summed E-state index contributed by atoms with van der Waals surface area (Å²) in [4.78, 5) is 17.2. The average molecular weight is 494 g/mol. The first-order valence-electron chi connectivity index (χ1n) is 12.9. The molecular weight excluding hydrogens is 458 g/mol. The van der Waals surface area contributed by atoms with Gasteiger partial charge in [0.1, 0.15) is 10.8 Å². The van der Waals surface area contributed by atoms with Crippen molar-refractivity contribution in [3.05, 3.63) is 69.9 Å². The van der Waals surface area contributed by atoms with Crippen LogP contribution in [0.25, 0.3) is 5.00 Å². The number of rotatable bonds is 8. The van der Waals surface area contributed by atoms with Crippen LogP contribution in [0.1, 0.15) is 66.4 Å². The highest BCUT2D eigenvalue weighted by atomic mass is 32.1. The summed E-state index contributed by atoms with van der Waals surface area (Å²) in [5.74, 6) is 0.848. The van der Waals surface area contributed by atoms with E-state index in [2.05, 4.69) is 40.3 Å². The second kappa shape index (κ2) is 10.9. The smallest absolute Gasteiger partial charge is 0.318 e. The lowest BCUT2D eigenvalue weighted by molar-refractivity contribution is 0.143. The van der Waals surface area contributed by atoms with E-state index >= 15 is 0 Å². The van der Waals surface area contributed by atoms with Gasteiger partial charge in [0.05, 0.1) is 24.9 Å². The fourth-order valence-corrected chi connectivity index (χ4v) is 6.67. The summed E-state index contributed by atoms with van der Waals surface area (Å²) < 4.78 is 13.5. The molecule has 1 aromatic carbocycles. The Balaban J connectivity index is 1.53. The summed E-state index contributed by atoms with van der Waals surface area (Å²) in [6.45, 7) is 7.17.